The molecule has 154 valence electrons. The van der Waals surface area contributed by atoms with Crippen molar-refractivity contribution < 1.29 is 9.53 Å². The number of ether oxygens (including phenoxy) is 1. The summed E-state index contributed by atoms with van der Waals surface area (Å²) in [4.78, 5) is 21.8. The third-order valence-corrected chi connectivity index (χ3v) is 5.58. The quantitative estimate of drug-likeness (QED) is 0.682. The van der Waals surface area contributed by atoms with E-state index >= 15 is 0 Å². The van der Waals surface area contributed by atoms with Crippen LogP contribution in [0.1, 0.15) is 93.5 Å². The van der Waals surface area contributed by atoms with Crippen molar-refractivity contribution >= 4 is 11.6 Å². The van der Waals surface area contributed by atoms with E-state index in [2.05, 4.69) is 42.1 Å². The number of unbranched alkanes of at least 4 members (excludes halogenated alkanes) is 2. The number of aryl methyl sites for hydroxylation is 1. The van der Waals surface area contributed by atoms with Gasteiger partial charge < -0.3 is 10.1 Å². The first kappa shape index (κ1) is 20.8. The van der Waals surface area contributed by atoms with Crippen molar-refractivity contribution in [3.8, 4) is 0 Å². The predicted molar refractivity (Wildman–Crippen MR) is 111 cm³/mol. The van der Waals surface area contributed by atoms with E-state index in [1.165, 1.54) is 12.8 Å². The van der Waals surface area contributed by atoms with Gasteiger partial charge in [-0.1, -0.05) is 33.6 Å². The zero-order chi connectivity index (χ0) is 20.1. The molecule has 1 N–H and O–H groups in total. The first-order valence-electron chi connectivity index (χ1n) is 10.8. The van der Waals surface area contributed by atoms with Crippen LogP contribution in [0, 0.1) is 6.92 Å². The Morgan fingerprint density at radius 3 is 2.71 bits per heavy atom. The standard InChI is InChI=1S/C22H34N4O2/c1-5-6-7-12-28-18-10-8-17(9-11-18)25-22(27)20-21-24-16(4)13-19(15(2)3)26(21)14-23-20/h13-15,17-18H,5-12H2,1-4H3,(H,25,27). The van der Waals surface area contributed by atoms with E-state index < -0.39 is 0 Å². The van der Waals surface area contributed by atoms with Crippen LogP contribution >= 0.6 is 0 Å². The number of aromatic nitrogens is 3. The number of carbonyl (C=O) groups is 1. The van der Waals surface area contributed by atoms with E-state index in [-0.39, 0.29) is 11.9 Å². The number of imidazole rings is 1. The van der Waals surface area contributed by atoms with E-state index in [0.29, 0.717) is 23.4 Å². The largest absolute Gasteiger partial charge is 0.378 e. The first-order chi connectivity index (χ1) is 13.5. The number of rotatable bonds is 8. The fourth-order valence-corrected chi connectivity index (χ4v) is 3.96. The number of nitrogens with one attached hydrogen (secondary N) is 1. The fourth-order valence-electron chi connectivity index (χ4n) is 3.96. The Morgan fingerprint density at radius 2 is 2.04 bits per heavy atom. The second-order valence-corrected chi connectivity index (χ2v) is 8.29. The van der Waals surface area contributed by atoms with Gasteiger partial charge in [-0.2, -0.15) is 0 Å². The van der Waals surface area contributed by atoms with Crippen LogP contribution in [0.15, 0.2) is 12.4 Å². The average molecular weight is 387 g/mol. The topological polar surface area (TPSA) is 68.5 Å². The van der Waals surface area contributed by atoms with Crippen LogP contribution in [-0.2, 0) is 4.74 Å². The SMILES string of the molecule is CCCCCOC1CCC(NC(=O)c2ncn3c(C(C)C)cc(C)nc23)CC1. The third-order valence-electron chi connectivity index (χ3n) is 5.58. The molecule has 0 atom stereocenters. The summed E-state index contributed by atoms with van der Waals surface area (Å²) in [7, 11) is 0. The minimum atomic E-state index is -0.123. The number of hydrogen-bond donors (Lipinski definition) is 1. The molecule has 1 aliphatic carbocycles. The molecule has 1 fully saturated rings. The van der Waals surface area contributed by atoms with Crippen LogP contribution in [0.3, 0.4) is 0 Å². The second kappa shape index (κ2) is 9.50. The smallest absolute Gasteiger partial charge is 0.274 e. The van der Waals surface area contributed by atoms with Crippen LogP contribution in [0.5, 0.6) is 0 Å². The summed E-state index contributed by atoms with van der Waals surface area (Å²) in [5.41, 5.74) is 3.10. The minimum absolute atomic E-state index is 0.123. The Morgan fingerprint density at radius 1 is 1.29 bits per heavy atom. The van der Waals surface area contributed by atoms with Crippen molar-refractivity contribution in [1.29, 1.82) is 0 Å². The molecule has 28 heavy (non-hydrogen) atoms. The van der Waals surface area contributed by atoms with Crippen LogP contribution in [0.25, 0.3) is 5.65 Å². The molecule has 3 rings (SSSR count). The van der Waals surface area contributed by atoms with E-state index in [9.17, 15) is 4.79 Å². The maximum absolute atomic E-state index is 12.8. The van der Waals surface area contributed by atoms with Gasteiger partial charge in [0, 0.05) is 24.0 Å². The molecule has 1 amide bonds. The van der Waals surface area contributed by atoms with Gasteiger partial charge in [0.1, 0.15) is 6.33 Å². The lowest BCUT2D eigenvalue weighted by Crippen LogP contribution is -2.39. The van der Waals surface area contributed by atoms with Crippen LogP contribution in [0.2, 0.25) is 0 Å². The number of carbonyl (C=O) groups excluding carboxylic acids is 1. The van der Waals surface area contributed by atoms with Crippen molar-refractivity contribution in [3.05, 3.63) is 29.5 Å². The molecule has 0 spiro atoms. The maximum Gasteiger partial charge on any atom is 0.274 e. The summed E-state index contributed by atoms with van der Waals surface area (Å²) >= 11 is 0. The van der Waals surface area contributed by atoms with Crippen molar-refractivity contribution in [2.75, 3.05) is 6.61 Å². The molecule has 6 heteroatoms. The van der Waals surface area contributed by atoms with Gasteiger partial charge >= 0.3 is 0 Å². The van der Waals surface area contributed by atoms with Gasteiger partial charge in [-0.3, -0.25) is 9.20 Å². The van der Waals surface area contributed by atoms with E-state index in [1.54, 1.807) is 6.33 Å². The lowest BCUT2D eigenvalue weighted by Gasteiger charge is -2.29. The van der Waals surface area contributed by atoms with Gasteiger partial charge in [-0.25, -0.2) is 9.97 Å². The van der Waals surface area contributed by atoms with E-state index in [4.69, 9.17) is 4.74 Å². The van der Waals surface area contributed by atoms with Gasteiger partial charge in [-0.05, 0) is 51.0 Å². The highest BCUT2D eigenvalue weighted by Crippen LogP contribution is 2.23. The molecule has 0 saturated heterocycles. The lowest BCUT2D eigenvalue weighted by molar-refractivity contribution is 0.0204. The molecule has 0 unspecified atom stereocenters. The normalized spacial score (nSPS) is 20.0. The molecule has 2 aromatic rings. The summed E-state index contributed by atoms with van der Waals surface area (Å²) in [5, 5.41) is 3.17. The Balaban J connectivity index is 1.59. The summed E-state index contributed by atoms with van der Waals surface area (Å²) in [5.74, 6) is 0.213. The van der Waals surface area contributed by atoms with Gasteiger partial charge in [0.15, 0.2) is 11.3 Å². The number of nitrogens with zero attached hydrogens (tertiary/aromatic N) is 3. The van der Waals surface area contributed by atoms with Crippen molar-refractivity contribution in [1.82, 2.24) is 19.7 Å². The zero-order valence-corrected chi connectivity index (χ0v) is 17.7. The highest BCUT2D eigenvalue weighted by molar-refractivity contribution is 5.98. The van der Waals surface area contributed by atoms with Crippen molar-refractivity contribution in [2.24, 2.45) is 0 Å². The molecule has 2 aromatic heterocycles. The zero-order valence-electron chi connectivity index (χ0n) is 17.7. The number of amides is 1. The summed E-state index contributed by atoms with van der Waals surface area (Å²) in [6, 6.07) is 2.25. The third kappa shape index (κ3) is 4.90. The Kier molecular flexibility index (Phi) is 7.05. The highest BCUT2D eigenvalue weighted by atomic mass is 16.5. The van der Waals surface area contributed by atoms with Gasteiger partial charge in [-0.15, -0.1) is 0 Å². The highest BCUT2D eigenvalue weighted by Gasteiger charge is 2.25. The first-order valence-corrected chi connectivity index (χ1v) is 10.8. The summed E-state index contributed by atoms with van der Waals surface area (Å²) in [6.07, 6.45) is 9.59. The van der Waals surface area contributed by atoms with Gasteiger partial charge in [0.05, 0.1) is 6.10 Å². The van der Waals surface area contributed by atoms with Gasteiger partial charge in [0.25, 0.3) is 5.91 Å². The Labute approximate surface area is 168 Å². The molecule has 6 nitrogen and oxygen atoms in total. The van der Waals surface area contributed by atoms with Crippen LogP contribution in [-0.4, -0.2) is 39.0 Å². The van der Waals surface area contributed by atoms with E-state index in [0.717, 1.165) is 50.1 Å². The molecule has 0 aromatic carbocycles. The molecule has 2 heterocycles. The second-order valence-electron chi connectivity index (χ2n) is 8.29. The molecule has 0 bridgehead atoms. The Bertz CT molecular complexity index is 791. The van der Waals surface area contributed by atoms with Crippen molar-refractivity contribution in [2.45, 2.75) is 90.7 Å². The van der Waals surface area contributed by atoms with E-state index in [1.807, 2.05) is 11.3 Å². The Hall–Kier alpha value is -1.95. The number of fused-ring (bicyclic) bond motifs is 1. The molecular formula is C22H34N4O2. The summed E-state index contributed by atoms with van der Waals surface area (Å²) < 4.78 is 7.92. The summed E-state index contributed by atoms with van der Waals surface area (Å²) in [6.45, 7) is 9.30. The maximum atomic E-state index is 12.8. The monoisotopic (exact) mass is 386 g/mol. The van der Waals surface area contributed by atoms with Crippen LogP contribution in [0.4, 0.5) is 0 Å². The van der Waals surface area contributed by atoms with Gasteiger partial charge in [0.2, 0.25) is 0 Å². The molecule has 0 aliphatic heterocycles. The van der Waals surface area contributed by atoms with Crippen molar-refractivity contribution in [3.63, 3.8) is 0 Å². The molecule has 1 aliphatic rings. The molecule has 0 radical (unpaired) electrons. The van der Waals surface area contributed by atoms with Crippen LogP contribution < -0.4 is 5.32 Å². The lowest BCUT2D eigenvalue weighted by atomic mass is 9.93. The molecular weight excluding hydrogens is 352 g/mol. The minimum Gasteiger partial charge on any atom is -0.378 e. The molecule has 1 saturated carbocycles. The fraction of sp³-hybridized carbons (Fsp3) is 0.682. The predicted octanol–water partition coefficient (Wildman–Crippen LogP) is 4.41. The number of hydrogen-bond acceptors (Lipinski definition) is 4. The average Bonchev–Trinajstić information content (AvgIpc) is 3.09.